The van der Waals surface area contributed by atoms with Crippen LogP contribution in [0.1, 0.15) is 11.7 Å². The van der Waals surface area contributed by atoms with E-state index in [1.165, 1.54) is 5.56 Å². The van der Waals surface area contributed by atoms with Crippen LogP contribution < -0.4 is 11.1 Å². The van der Waals surface area contributed by atoms with E-state index in [1.54, 1.807) is 0 Å². The maximum absolute atomic E-state index is 6.02. The summed E-state index contributed by atoms with van der Waals surface area (Å²) >= 11 is 0. The first-order chi connectivity index (χ1) is 7.74. The lowest BCUT2D eigenvalue weighted by Crippen LogP contribution is -2.30. The van der Waals surface area contributed by atoms with Crippen LogP contribution in [0.2, 0.25) is 13.1 Å². The minimum absolute atomic E-state index is 0.166. The summed E-state index contributed by atoms with van der Waals surface area (Å²) in [7, 11) is -1.02. The first-order valence-electron chi connectivity index (χ1n) is 5.85. The molecule has 0 fully saturated rings. The Labute approximate surface area is 99.7 Å². The Morgan fingerprint density at radius 3 is 2.56 bits per heavy atom. The highest BCUT2D eigenvalue weighted by Gasteiger charge is 2.12. The molecule has 16 heavy (non-hydrogen) atoms. The van der Waals surface area contributed by atoms with Crippen LogP contribution in [0, 0.1) is 0 Å². The lowest BCUT2D eigenvalue weighted by atomic mass is 10.1. The van der Waals surface area contributed by atoms with Crippen LogP contribution in [0.15, 0.2) is 30.3 Å². The topological polar surface area (TPSA) is 47.3 Å². The predicted octanol–water partition coefficient (Wildman–Crippen LogP) is 1.28. The Bertz CT molecular complexity index is 280. The Hall–Kier alpha value is -0.683. The largest absolute Gasteiger partial charge is 0.412 e. The SMILES string of the molecule is C[SiH](C)OC(CNCCN)c1ccccc1. The van der Waals surface area contributed by atoms with Crippen molar-refractivity contribution in [2.75, 3.05) is 19.6 Å². The zero-order chi connectivity index (χ0) is 11.8. The van der Waals surface area contributed by atoms with Gasteiger partial charge in [-0.25, -0.2) is 0 Å². The normalized spacial score (nSPS) is 13.0. The van der Waals surface area contributed by atoms with Crippen molar-refractivity contribution in [1.82, 2.24) is 5.32 Å². The predicted molar refractivity (Wildman–Crippen MR) is 71.1 cm³/mol. The van der Waals surface area contributed by atoms with E-state index in [9.17, 15) is 0 Å². The molecule has 0 spiro atoms. The van der Waals surface area contributed by atoms with Gasteiger partial charge in [0.15, 0.2) is 9.04 Å². The van der Waals surface area contributed by atoms with Crippen molar-refractivity contribution in [3.63, 3.8) is 0 Å². The van der Waals surface area contributed by atoms with Crippen molar-refractivity contribution < 1.29 is 4.43 Å². The number of nitrogens with two attached hydrogens (primary N) is 1. The highest BCUT2D eigenvalue weighted by molar-refractivity contribution is 6.48. The van der Waals surface area contributed by atoms with Crippen LogP contribution >= 0.6 is 0 Å². The number of hydrogen-bond donors (Lipinski definition) is 2. The molecule has 0 aliphatic heterocycles. The van der Waals surface area contributed by atoms with Gasteiger partial charge in [-0.05, 0) is 18.7 Å². The molecule has 1 aromatic rings. The molecule has 1 atom stereocenters. The van der Waals surface area contributed by atoms with Crippen molar-refractivity contribution >= 4 is 9.04 Å². The van der Waals surface area contributed by atoms with Gasteiger partial charge in [-0.1, -0.05) is 30.3 Å². The number of hydrogen-bond acceptors (Lipinski definition) is 3. The molecule has 0 aromatic heterocycles. The summed E-state index contributed by atoms with van der Waals surface area (Å²) in [4.78, 5) is 0. The first-order valence-corrected chi connectivity index (χ1v) is 8.63. The van der Waals surface area contributed by atoms with E-state index in [2.05, 4.69) is 42.7 Å². The molecular weight excluding hydrogens is 216 g/mol. The van der Waals surface area contributed by atoms with Crippen LogP contribution in [0.3, 0.4) is 0 Å². The fourth-order valence-electron chi connectivity index (χ4n) is 1.58. The van der Waals surface area contributed by atoms with Crippen molar-refractivity contribution in [3.8, 4) is 0 Å². The molecule has 3 nitrogen and oxygen atoms in total. The van der Waals surface area contributed by atoms with Crippen molar-refractivity contribution in [2.45, 2.75) is 19.2 Å². The molecule has 0 radical (unpaired) electrons. The third kappa shape index (κ3) is 4.89. The number of rotatable bonds is 7. The highest BCUT2D eigenvalue weighted by atomic mass is 28.3. The molecule has 0 saturated heterocycles. The Morgan fingerprint density at radius 2 is 2.00 bits per heavy atom. The molecule has 0 amide bonds. The average Bonchev–Trinajstić information content (AvgIpc) is 2.29. The summed E-state index contributed by atoms with van der Waals surface area (Å²) in [5.41, 5.74) is 6.70. The highest BCUT2D eigenvalue weighted by Crippen LogP contribution is 2.17. The molecule has 90 valence electrons. The minimum atomic E-state index is -1.02. The Balaban J connectivity index is 2.56. The second kappa shape index (κ2) is 7.57. The number of nitrogens with one attached hydrogen (secondary N) is 1. The summed E-state index contributed by atoms with van der Waals surface area (Å²) < 4.78 is 6.02. The van der Waals surface area contributed by atoms with Gasteiger partial charge in [0.25, 0.3) is 0 Å². The second-order valence-corrected chi connectivity index (χ2v) is 6.45. The van der Waals surface area contributed by atoms with E-state index < -0.39 is 9.04 Å². The monoisotopic (exact) mass is 238 g/mol. The van der Waals surface area contributed by atoms with E-state index in [-0.39, 0.29) is 6.10 Å². The molecule has 0 aliphatic rings. The van der Waals surface area contributed by atoms with Crippen LogP contribution in [0.25, 0.3) is 0 Å². The average molecular weight is 238 g/mol. The van der Waals surface area contributed by atoms with Gasteiger partial charge in [0.1, 0.15) is 0 Å². The molecule has 1 aromatic carbocycles. The van der Waals surface area contributed by atoms with Crippen LogP contribution in [-0.2, 0) is 4.43 Å². The molecule has 1 unspecified atom stereocenters. The molecule has 4 heteroatoms. The molecule has 0 heterocycles. The van der Waals surface area contributed by atoms with E-state index in [1.807, 2.05) is 6.07 Å². The summed E-state index contributed by atoms with van der Waals surface area (Å²) in [5, 5.41) is 3.31. The van der Waals surface area contributed by atoms with Gasteiger partial charge in [-0.3, -0.25) is 0 Å². The van der Waals surface area contributed by atoms with E-state index in [0.29, 0.717) is 6.54 Å². The Kier molecular flexibility index (Phi) is 6.33. The maximum atomic E-state index is 6.02. The standard InChI is InChI=1S/C12H22N2OSi/c1-16(2)15-12(10-14-9-8-13)11-6-4-3-5-7-11/h3-7,12,14,16H,8-10,13H2,1-2H3. The summed E-state index contributed by atoms with van der Waals surface area (Å²) in [5.74, 6) is 0. The van der Waals surface area contributed by atoms with Gasteiger partial charge in [0.05, 0.1) is 6.10 Å². The molecule has 0 saturated carbocycles. The van der Waals surface area contributed by atoms with Gasteiger partial charge in [-0.2, -0.15) is 0 Å². The summed E-state index contributed by atoms with van der Waals surface area (Å²) in [6, 6.07) is 10.4. The zero-order valence-electron chi connectivity index (χ0n) is 10.1. The van der Waals surface area contributed by atoms with Crippen LogP contribution in [0.5, 0.6) is 0 Å². The van der Waals surface area contributed by atoms with Crippen molar-refractivity contribution in [3.05, 3.63) is 35.9 Å². The maximum Gasteiger partial charge on any atom is 0.171 e. The molecule has 0 aliphatic carbocycles. The lowest BCUT2D eigenvalue weighted by molar-refractivity contribution is 0.205. The van der Waals surface area contributed by atoms with Crippen LogP contribution in [-0.4, -0.2) is 28.7 Å². The van der Waals surface area contributed by atoms with Crippen molar-refractivity contribution in [2.24, 2.45) is 5.73 Å². The molecule has 0 bridgehead atoms. The van der Waals surface area contributed by atoms with E-state index in [0.717, 1.165) is 13.1 Å². The third-order valence-electron chi connectivity index (χ3n) is 2.26. The van der Waals surface area contributed by atoms with E-state index in [4.69, 9.17) is 10.2 Å². The van der Waals surface area contributed by atoms with E-state index >= 15 is 0 Å². The fourth-order valence-corrected chi connectivity index (χ4v) is 2.49. The molecule has 1 rings (SSSR count). The lowest BCUT2D eigenvalue weighted by Gasteiger charge is -2.21. The van der Waals surface area contributed by atoms with Gasteiger partial charge >= 0.3 is 0 Å². The molecule has 3 N–H and O–H groups in total. The Morgan fingerprint density at radius 1 is 1.31 bits per heavy atom. The summed E-state index contributed by atoms with van der Waals surface area (Å²) in [6.45, 7) is 6.73. The van der Waals surface area contributed by atoms with Crippen molar-refractivity contribution in [1.29, 1.82) is 0 Å². The first kappa shape index (κ1) is 13.4. The quantitative estimate of drug-likeness (QED) is 0.555. The van der Waals surface area contributed by atoms with Gasteiger partial charge in [0.2, 0.25) is 0 Å². The van der Waals surface area contributed by atoms with Crippen LogP contribution in [0.4, 0.5) is 0 Å². The van der Waals surface area contributed by atoms with Gasteiger partial charge in [0, 0.05) is 19.6 Å². The minimum Gasteiger partial charge on any atom is -0.412 e. The van der Waals surface area contributed by atoms with Gasteiger partial charge in [-0.15, -0.1) is 0 Å². The van der Waals surface area contributed by atoms with Gasteiger partial charge < -0.3 is 15.5 Å². The summed E-state index contributed by atoms with van der Waals surface area (Å²) in [6.07, 6.45) is 0.166. The second-order valence-electron chi connectivity index (χ2n) is 4.08. The zero-order valence-corrected chi connectivity index (χ0v) is 11.3. The number of benzene rings is 1. The smallest absolute Gasteiger partial charge is 0.171 e. The molecular formula is C12H22N2OSi. The third-order valence-corrected chi connectivity index (χ3v) is 3.13. The fraction of sp³-hybridized carbons (Fsp3) is 0.500.